The minimum absolute atomic E-state index is 0.0199. The quantitative estimate of drug-likeness (QED) is 0.207. The van der Waals surface area contributed by atoms with E-state index < -0.39 is 35.2 Å². The van der Waals surface area contributed by atoms with Crippen molar-refractivity contribution in [2.45, 2.75) is 18.3 Å². The summed E-state index contributed by atoms with van der Waals surface area (Å²) in [5.41, 5.74) is 1.23. The molecular formula is C17H15ClN4O7S2. The number of rotatable bonds is 8. The summed E-state index contributed by atoms with van der Waals surface area (Å²) in [7, 11) is 0. The lowest BCUT2D eigenvalue weighted by Gasteiger charge is -2.49. The first-order valence-corrected chi connectivity index (χ1v) is 11.0. The number of carboxylic acids is 1. The maximum Gasteiger partial charge on any atom is 0.352 e. The highest BCUT2D eigenvalue weighted by atomic mass is 35.5. The Morgan fingerprint density at radius 3 is 2.81 bits per heavy atom. The lowest BCUT2D eigenvalue weighted by molar-refractivity contribution is -0.150. The van der Waals surface area contributed by atoms with Crippen molar-refractivity contribution in [1.82, 2.24) is 15.2 Å². The summed E-state index contributed by atoms with van der Waals surface area (Å²) in [6, 6.07) is -0.972. The van der Waals surface area contributed by atoms with Crippen molar-refractivity contribution in [2.24, 2.45) is 0 Å². The smallest absolute Gasteiger partial charge is 0.352 e. The van der Waals surface area contributed by atoms with Crippen LogP contribution in [0.5, 0.6) is 0 Å². The molecule has 0 radical (unpaired) electrons. The van der Waals surface area contributed by atoms with Gasteiger partial charge in [-0.2, -0.15) is 0 Å². The predicted molar refractivity (Wildman–Crippen MR) is 112 cm³/mol. The Bertz CT molecular complexity index is 1020. The molecule has 2 aliphatic rings. The van der Waals surface area contributed by atoms with E-state index in [1.807, 2.05) is 0 Å². The van der Waals surface area contributed by atoms with Crippen LogP contribution in [-0.4, -0.2) is 68.9 Å². The summed E-state index contributed by atoms with van der Waals surface area (Å²) in [4.78, 5) is 63.7. The van der Waals surface area contributed by atoms with Crippen LogP contribution < -0.4 is 10.6 Å². The van der Waals surface area contributed by atoms with Gasteiger partial charge in [0.1, 0.15) is 23.7 Å². The number of hydrogen-bond acceptors (Lipinski definition) is 9. The fraction of sp³-hybridized carbons (Fsp3) is 0.294. The van der Waals surface area contributed by atoms with Crippen LogP contribution in [0.4, 0.5) is 5.13 Å². The van der Waals surface area contributed by atoms with Gasteiger partial charge in [-0.3, -0.25) is 24.1 Å². The summed E-state index contributed by atoms with van der Waals surface area (Å²) in [5, 5.41) is 15.6. The summed E-state index contributed by atoms with van der Waals surface area (Å²) in [6.07, 6.45) is 0.442. The first kappa shape index (κ1) is 22.8. The fourth-order valence-corrected chi connectivity index (χ4v) is 5.15. The van der Waals surface area contributed by atoms with Crippen LogP contribution >= 0.6 is 34.7 Å². The molecule has 1 aromatic heterocycles. The van der Waals surface area contributed by atoms with Gasteiger partial charge in [-0.15, -0.1) is 23.1 Å². The van der Waals surface area contributed by atoms with Crippen molar-refractivity contribution in [3.63, 3.8) is 0 Å². The van der Waals surface area contributed by atoms with E-state index in [1.54, 1.807) is 0 Å². The van der Waals surface area contributed by atoms with E-state index in [0.717, 1.165) is 21.8 Å². The number of ether oxygens (including phenoxy) is 1. The molecule has 1 unspecified atom stereocenters. The lowest BCUT2D eigenvalue weighted by Crippen LogP contribution is -2.70. The third-order valence-corrected chi connectivity index (χ3v) is 6.63. The second-order valence-corrected chi connectivity index (χ2v) is 8.40. The molecule has 3 amide bonds. The second-order valence-electron chi connectivity index (χ2n) is 6.22. The first-order chi connectivity index (χ1) is 14.8. The molecule has 3 N–H and O–H groups in total. The second kappa shape index (κ2) is 9.49. The lowest BCUT2D eigenvalue weighted by atomic mass is 10.0. The van der Waals surface area contributed by atoms with Crippen LogP contribution in [0.25, 0.3) is 5.57 Å². The van der Waals surface area contributed by atoms with Gasteiger partial charge in [-0.1, -0.05) is 11.6 Å². The Balaban J connectivity index is 1.74. The zero-order chi connectivity index (χ0) is 22.7. The number of nitrogens with zero attached hydrogens (tertiary/aromatic N) is 2. The van der Waals surface area contributed by atoms with E-state index >= 15 is 0 Å². The van der Waals surface area contributed by atoms with Gasteiger partial charge >= 0.3 is 11.9 Å². The van der Waals surface area contributed by atoms with Crippen molar-refractivity contribution in [3.8, 4) is 0 Å². The normalized spacial score (nSPS) is 20.5. The van der Waals surface area contributed by atoms with Crippen LogP contribution in [0.3, 0.4) is 0 Å². The number of halogens is 1. The highest BCUT2D eigenvalue weighted by Gasteiger charge is 2.54. The van der Waals surface area contributed by atoms with Crippen LogP contribution in [0.15, 0.2) is 22.2 Å². The van der Waals surface area contributed by atoms with Gasteiger partial charge in [0.25, 0.3) is 11.8 Å². The first-order valence-electron chi connectivity index (χ1n) is 8.59. The number of fused-ring (bicyclic) bond motifs is 1. The molecule has 2 atom stereocenters. The zero-order valence-corrected chi connectivity index (χ0v) is 18.2. The van der Waals surface area contributed by atoms with Gasteiger partial charge in [0.05, 0.1) is 11.3 Å². The maximum atomic E-state index is 12.7. The van der Waals surface area contributed by atoms with Crippen molar-refractivity contribution in [2.75, 3.05) is 17.7 Å². The molecule has 3 rings (SSSR count). The molecule has 0 saturated carbocycles. The predicted octanol–water partition coefficient (Wildman–Crippen LogP) is 0.593. The Kier molecular flexibility index (Phi) is 6.97. The van der Waals surface area contributed by atoms with Crippen molar-refractivity contribution >= 4 is 75.6 Å². The van der Waals surface area contributed by atoms with Gasteiger partial charge in [-0.05, 0) is 0 Å². The molecule has 3 heterocycles. The minimum Gasteiger partial charge on any atom is -0.477 e. The van der Waals surface area contributed by atoms with Gasteiger partial charge in [-0.25, -0.2) is 9.78 Å². The largest absolute Gasteiger partial charge is 0.477 e. The number of esters is 1. The van der Waals surface area contributed by atoms with Gasteiger partial charge in [0, 0.05) is 29.2 Å². The number of thiazole rings is 1. The van der Waals surface area contributed by atoms with Crippen LogP contribution in [0, 0.1) is 0 Å². The number of carbonyl (C=O) groups excluding carboxylic acids is 4. The average molecular weight is 487 g/mol. The van der Waals surface area contributed by atoms with Crippen molar-refractivity contribution < 1.29 is 33.8 Å². The van der Waals surface area contributed by atoms with E-state index in [2.05, 4.69) is 15.6 Å². The van der Waals surface area contributed by atoms with E-state index in [9.17, 15) is 29.1 Å². The maximum absolute atomic E-state index is 12.7. The molecular weight excluding hydrogens is 472 g/mol. The van der Waals surface area contributed by atoms with Crippen molar-refractivity contribution in [3.05, 3.63) is 27.9 Å². The Labute approximate surface area is 188 Å². The molecule has 11 nitrogen and oxygen atoms in total. The Morgan fingerprint density at radius 2 is 2.19 bits per heavy atom. The molecule has 1 saturated heterocycles. The topological polar surface area (TPSA) is 155 Å². The standard InChI is InChI=1S/C17H15ClN4O7S2/c1-7(24)29-3-8-4-30-15-11(14(26)22(15)12(8)16(27)28)21-13(25)9(2-18)10-5-31-17(20-10)19-6-23/h2,5-6,11,15H,3-4H2,1H3,(H,21,25)(H,27,28)(H,19,20,23)/t11?,15-/m0/s1. The van der Waals surface area contributed by atoms with E-state index in [1.165, 1.54) is 24.1 Å². The monoisotopic (exact) mass is 486 g/mol. The summed E-state index contributed by atoms with van der Waals surface area (Å²) in [6.45, 7) is 0.958. The zero-order valence-electron chi connectivity index (χ0n) is 15.8. The highest BCUT2D eigenvalue weighted by Crippen LogP contribution is 2.40. The third kappa shape index (κ3) is 4.57. The van der Waals surface area contributed by atoms with Crippen LogP contribution in [-0.2, 0) is 28.7 Å². The molecule has 0 spiro atoms. The molecule has 1 fully saturated rings. The molecule has 0 aromatic carbocycles. The number of aromatic nitrogens is 1. The number of nitrogens with one attached hydrogen (secondary N) is 2. The summed E-state index contributed by atoms with van der Waals surface area (Å²) >= 11 is 8.09. The van der Waals surface area contributed by atoms with Gasteiger partial charge in [0.15, 0.2) is 5.13 Å². The Morgan fingerprint density at radius 1 is 1.45 bits per heavy atom. The van der Waals surface area contributed by atoms with E-state index in [-0.39, 0.29) is 34.5 Å². The van der Waals surface area contributed by atoms with E-state index in [0.29, 0.717) is 12.0 Å². The molecule has 164 valence electrons. The number of carboxylic acid groups (broad SMARTS) is 1. The number of carbonyl (C=O) groups is 5. The number of hydrogen-bond donors (Lipinski definition) is 3. The number of amides is 3. The summed E-state index contributed by atoms with van der Waals surface area (Å²) < 4.78 is 4.87. The average Bonchev–Trinajstić information content (AvgIpc) is 3.18. The van der Waals surface area contributed by atoms with Crippen LogP contribution in [0.2, 0.25) is 0 Å². The van der Waals surface area contributed by atoms with E-state index in [4.69, 9.17) is 16.3 Å². The molecule has 31 heavy (non-hydrogen) atoms. The fourth-order valence-electron chi connectivity index (χ4n) is 2.94. The molecule has 1 aromatic rings. The minimum atomic E-state index is -1.33. The summed E-state index contributed by atoms with van der Waals surface area (Å²) in [5.74, 6) is -2.98. The molecule has 14 heteroatoms. The Hall–Kier alpha value is -2.90. The molecule has 2 aliphatic heterocycles. The number of β-lactam (4-membered cyclic amide) rings is 1. The van der Waals surface area contributed by atoms with Gasteiger partial charge < -0.3 is 20.5 Å². The third-order valence-electron chi connectivity index (χ3n) is 4.30. The molecule has 0 aliphatic carbocycles. The van der Waals surface area contributed by atoms with Gasteiger partial charge in [0.2, 0.25) is 6.41 Å². The number of anilines is 1. The number of aliphatic carboxylic acids is 1. The SMILES string of the molecule is CC(=O)OCC1=C(C(=O)O)N2C(=O)C(NC(=O)C(=CCl)c3csc(NC=O)n3)[C@@H]2SC1. The molecule has 0 bridgehead atoms. The number of thioether (sulfide) groups is 1. The van der Waals surface area contributed by atoms with Crippen LogP contribution in [0.1, 0.15) is 12.6 Å². The van der Waals surface area contributed by atoms with Crippen molar-refractivity contribution in [1.29, 1.82) is 0 Å². The highest BCUT2D eigenvalue weighted by molar-refractivity contribution is 8.00.